The molecule has 1 atom stereocenters. The molecule has 242 valence electrons. The van der Waals surface area contributed by atoms with Crippen LogP contribution in [0, 0.1) is 18.7 Å². The van der Waals surface area contributed by atoms with Crippen molar-refractivity contribution >= 4 is 27.5 Å². The number of nitrogens with zero attached hydrogens (tertiary/aromatic N) is 2. The van der Waals surface area contributed by atoms with Crippen LogP contribution in [0.25, 0.3) is 0 Å². The first-order valence-corrected chi connectivity index (χ1v) is 16.5. The van der Waals surface area contributed by atoms with Gasteiger partial charge in [-0.05, 0) is 48.7 Å². The average Bonchev–Trinajstić information content (AvgIpc) is 3.05. The summed E-state index contributed by atoms with van der Waals surface area (Å²) < 4.78 is 50.0. The van der Waals surface area contributed by atoms with Crippen molar-refractivity contribution in [2.45, 2.75) is 44.7 Å². The van der Waals surface area contributed by atoms with E-state index in [4.69, 9.17) is 4.74 Å². The summed E-state index contributed by atoms with van der Waals surface area (Å²) in [6.07, 6.45) is 0.129. The predicted molar refractivity (Wildman–Crippen MR) is 177 cm³/mol. The summed E-state index contributed by atoms with van der Waals surface area (Å²) in [5, 5.41) is 2.92. The van der Waals surface area contributed by atoms with Crippen LogP contribution in [0.1, 0.15) is 30.5 Å². The standard InChI is InChI=1S/C36H40FN3O5S/c1-26(2)23-38-36(42)33(22-28-12-6-5-7-13-28)39(24-29-14-8-9-15-31(29)37)35(41)25-40(32-16-10-11-17-34(32)45-4)46(43,44)30-20-18-27(3)19-21-30/h5-21,26,33H,22-25H2,1-4H3,(H,38,42). The van der Waals surface area contributed by atoms with E-state index in [1.807, 2.05) is 51.1 Å². The van der Waals surface area contributed by atoms with Crippen LogP contribution in [-0.2, 0) is 32.6 Å². The third-order valence-corrected chi connectivity index (χ3v) is 9.27. The molecule has 1 unspecified atom stereocenters. The molecular formula is C36H40FN3O5S. The topological polar surface area (TPSA) is 96.0 Å². The number of amides is 2. The summed E-state index contributed by atoms with van der Waals surface area (Å²) in [6.45, 7) is 5.18. The van der Waals surface area contributed by atoms with Crippen LogP contribution in [-0.4, -0.2) is 51.4 Å². The molecule has 2 amide bonds. The Bertz CT molecular complexity index is 1730. The molecule has 0 radical (unpaired) electrons. The third kappa shape index (κ3) is 8.51. The third-order valence-electron chi connectivity index (χ3n) is 7.50. The van der Waals surface area contributed by atoms with Crippen LogP contribution < -0.4 is 14.4 Å². The van der Waals surface area contributed by atoms with Gasteiger partial charge < -0.3 is 15.0 Å². The van der Waals surface area contributed by atoms with Gasteiger partial charge in [0.25, 0.3) is 10.0 Å². The molecule has 4 rings (SSSR count). The lowest BCUT2D eigenvalue weighted by Crippen LogP contribution is -2.53. The molecule has 0 spiro atoms. The van der Waals surface area contributed by atoms with Crippen LogP contribution in [0.5, 0.6) is 5.75 Å². The SMILES string of the molecule is COc1ccccc1N(CC(=O)N(Cc1ccccc1F)C(Cc1ccccc1)C(=O)NCC(C)C)S(=O)(=O)c1ccc(C)cc1. The summed E-state index contributed by atoms with van der Waals surface area (Å²) in [4.78, 5) is 29.6. The number of nitrogens with one attached hydrogen (secondary N) is 1. The van der Waals surface area contributed by atoms with E-state index in [1.165, 1.54) is 30.2 Å². The highest BCUT2D eigenvalue weighted by Crippen LogP contribution is 2.33. The summed E-state index contributed by atoms with van der Waals surface area (Å²) >= 11 is 0. The van der Waals surface area contributed by atoms with Crippen molar-refractivity contribution in [3.8, 4) is 5.75 Å². The number of aryl methyl sites for hydroxylation is 1. The maximum absolute atomic E-state index is 15.1. The molecule has 0 aliphatic carbocycles. The number of ether oxygens (including phenoxy) is 1. The Morgan fingerprint density at radius 2 is 1.50 bits per heavy atom. The largest absolute Gasteiger partial charge is 0.495 e. The first-order chi connectivity index (χ1) is 22.0. The second kappa shape index (κ2) is 15.5. The normalized spacial score (nSPS) is 12.0. The number of carbonyl (C=O) groups excluding carboxylic acids is 2. The van der Waals surface area contributed by atoms with Crippen molar-refractivity contribution < 1.29 is 27.1 Å². The first kappa shape index (κ1) is 34.2. The zero-order valence-electron chi connectivity index (χ0n) is 26.5. The molecule has 4 aromatic carbocycles. The maximum atomic E-state index is 15.1. The van der Waals surface area contributed by atoms with Crippen molar-refractivity contribution in [1.29, 1.82) is 0 Å². The first-order valence-electron chi connectivity index (χ1n) is 15.1. The van der Waals surface area contributed by atoms with Gasteiger partial charge in [0.05, 0.1) is 17.7 Å². The van der Waals surface area contributed by atoms with Gasteiger partial charge in [0.1, 0.15) is 24.2 Å². The lowest BCUT2D eigenvalue weighted by atomic mass is 10.0. The minimum atomic E-state index is -4.31. The Kier molecular flexibility index (Phi) is 11.5. The van der Waals surface area contributed by atoms with E-state index in [2.05, 4.69) is 5.32 Å². The quantitative estimate of drug-likeness (QED) is 0.189. The van der Waals surface area contributed by atoms with Crippen molar-refractivity contribution in [1.82, 2.24) is 10.2 Å². The fraction of sp³-hybridized carbons (Fsp3) is 0.278. The van der Waals surface area contributed by atoms with Crippen molar-refractivity contribution in [2.75, 3.05) is 24.5 Å². The Morgan fingerprint density at radius 1 is 0.870 bits per heavy atom. The lowest BCUT2D eigenvalue weighted by Gasteiger charge is -2.34. The van der Waals surface area contributed by atoms with E-state index < -0.39 is 40.2 Å². The second-order valence-corrected chi connectivity index (χ2v) is 13.3. The highest BCUT2D eigenvalue weighted by atomic mass is 32.2. The summed E-state index contributed by atoms with van der Waals surface area (Å²) in [5.41, 5.74) is 1.99. The molecule has 46 heavy (non-hydrogen) atoms. The van der Waals surface area contributed by atoms with Gasteiger partial charge in [-0.3, -0.25) is 13.9 Å². The molecule has 0 aromatic heterocycles. The number of methoxy groups -OCH3 is 1. The van der Waals surface area contributed by atoms with E-state index >= 15 is 4.39 Å². The molecule has 10 heteroatoms. The number of hydrogen-bond acceptors (Lipinski definition) is 5. The van der Waals surface area contributed by atoms with E-state index in [9.17, 15) is 18.0 Å². The lowest BCUT2D eigenvalue weighted by molar-refractivity contribution is -0.140. The van der Waals surface area contributed by atoms with Crippen LogP contribution in [0.2, 0.25) is 0 Å². The van der Waals surface area contributed by atoms with E-state index in [0.717, 1.165) is 15.4 Å². The highest BCUT2D eigenvalue weighted by molar-refractivity contribution is 7.92. The number of rotatable bonds is 14. The Hall–Kier alpha value is -4.70. The van der Waals surface area contributed by atoms with E-state index in [1.54, 1.807) is 54.6 Å². The Morgan fingerprint density at radius 3 is 2.15 bits per heavy atom. The fourth-order valence-electron chi connectivity index (χ4n) is 4.97. The summed E-state index contributed by atoms with van der Waals surface area (Å²) in [7, 11) is -2.89. The van der Waals surface area contributed by atoms with Gasteiger partial charge in [-0.1, -0.05) is 92.2 Å². The molecule has 1 N–H and O–H groups in total. The van der Waals surface area contributed by atoms with Gasteiger partial charge in [0, 0.05) is 25.1 Å². The zero-order chi connectivity index (χ0) is 33.3. The van der Waals surface area contributed by atoms with Gasteiger partial charge in [-0.15, -0.1) is 0 Å². The smallest absolute Gasteiger partial charge is 0.264 e. The molecule has 0 bridgehead atoms. The van der Waals surface area contributed by atoms with Crippen LogP contribution in [0.15, 0.2) is 108 Å². The summed E-state index contributed by atoms with van der Waals surface area (Å²) in [5.74, 6) is -1.28. The number of hydrogen-bond donors (Lipinski definition) is 1. The number of benzene rings is 4. The number of anilines is 1. The molecule has 0 aliphatic rings. The number of halogens is 1. The second-order valence-electron chi connectivity index (χ2n) is 11.5. The number of para-hydroxylation sites is 2. The molecule has 0 saturated carbocycles. The number of carbonyl (C=O) groups is 2. The van der Waals surface area contributed by atoms with Gasteiger partial charge >= 0.3 is 0 Å². The van der Waals surface area contributed by atoms with Crippen molar-refractivity contribution in [3.63, 3.8) is 0 Å². The van der Waals surface area contributed by atoms with Crippen molar-refractivity contribution in [3.05, 3.63) is 126 Å². The molecule has 4 aromatic rings. The highest BCUT2D eigenvalue weighted by Gasteiger charge is 2.35. The Balaban J connectivity index is 1.83. The maximum Gasteiger partial charge on any atom is 0.264 e. The predicted octanol–water partition coefficient (Wildman–Crippen LogP) is 5.75. The van der Waals surface area contributed by atoms with Crippen LogP contribution >= 0.6 is 0 Å². The van der Waals surface area contributed by atoms with Gasteiger partial charge in [-0.2, -0.15) is 0 Å². The minimum Gasteiger partial charge on any atom is -0.495 e. The molecular weight excluding hydrogens is 605 g/mol. The fourth-order valence-corrected chi connectivity index (χ4v) is 6.40. The monoisotopic (exact) mass is 645 g/mol. The average molecular weight is 646 g/mol. The number of sulfonamides is 1. The van der Waals surface area contributed by atoms with Crippen LogP contribution in [0.4, 0.5) is 10.1 Å². The van der Waals surface area contributed by atoms with E-state index in [0.29, 0.717) is 6.54 Å². The van der Waals surface area contributed by atoms with E-state index in [-0.39, 0.29) is 40.8 Å². The molecule has 0 aliphatic heterocycles. The van der Waals surface area contributed by atoms with Gasteiger partial charge in [0.2, 0.25) is 11.8 Å². The van der Waals surface area contributed by atoms with Gasteiger partial charge in [-0.25, -0.2) is 12.8 Å². The minimum absolute atomic E-state index is 0.0204. The zero-order valence-corrected chi connectivity index (χ0v) is 27.3. The molecule has 0 saturated heterocycles. The molecule has 0 heterocycles. The van der Waals surface area contributed by atoms with Crippen molar-refractivity contribution in [2.24, 2.45) is 5.92 Å². The van der Waals surface area contributed by atoms with Crippen LogP contribution in [0.3, 0.4) is 0 Å². The molecule has 8 nitrogen and oxygen atoms in total. The summed E-state index contributed by atoms with van der Waals surface area (Å²) in [6, 6.07) is 26.9. The molecule has 0 fully saturated rings. The van der Waals surface area contributed by atoms with Gasteiger partial charge in [0.15, 0.2) is 0 Å². The Labute approximate surface area is 270 Å².